The summed E-state index contributed by atoms with van der Waals surface area (Å²) in [6, 6.07) is 13.1. The van der Waals surface area contributed by atoms with E-state index in [1.807, 2.05) is 18.2 Å². The third-order valence-corrected chi connectivity index (χ3v) is 6.42. The minimum atomic E-state index is -1.28. The number of hydrogen-bond donors (Lipinski definition) is 8. The molecular weight excluding hydrogens is 556 g/mol. The molecule has 0 spiro atoms. The smallest absolute Gasteiger partial charge is 0.326 e. The number of nitrogens with zero attached hydrogens (tertiary/aromatic N) is 1. The van der Waals surface area contributed by atoms with Crippen molar-refractivity contribution < 1.29 is 29.1 Å². The van der Waals surface area contributed by atoms with Crippen LogP contribution in [-0.2, 0) is 36.8 Å². The van der Waals surface area contributed by atoms with Crippen LogP contribution in [0.25, 0.3) is 0 Å². The monoisotopic (exact) mass is 596 g/mol. The molecule has 0 aliphatic rings. The molecule has 2 rings (SSSR count). The second-order valence-electron chi connectivity index (χ2n) is 9.96. The van der Waals surface area contributed by atoms with Crippen molar-refractivity contribution in [3.05, 3.63) is 71.8 Å². The number of carboxylic acids is 1. The van der Waals surface area contributed by atoms with Crippen LogP contribution in [0.4, 0.5) is 0 Å². The molecule has 0 heterocycles. The number of nitrogens with one attached hydrogen (secondary N) is 3. The first-order valence-corrected chi connectivity index (χ1v) is 13.8. The van der Waals surface area contributed by atoms with Gasteiger partial charge in [0.25, 0.3) is 0 Å². The normalized spacial score (nSPS) is 13.4. The number of carbonyl (C=O) groups is 5. The molecule has 2 aromatic rings. The molecule has 0 saturated carbocycles. The topological polar surface area (TPSA) is 258 Å². The van der Waals surface area contributed by atoms with Crippen LogP contribution in [0.5, 0.6) is 0 Å². The molecule has 0 saturated heterocycles. The highest BCUT2D eigenvalue weighted by molar-refractivity contribution is 5.94. The largest absolute Gasteiger partial charge is 0.480 e. The molecule has 0 aromatic heterocycles. The predicted octanol–water partition coefficient (Wildman–Crippen LogP) is -1.34. The maximum absolute atomic E-state index is 13.4. The third kappa shape index (κ3) is 13.0. The predicted molar refractivity (Wildman–Crippen MR) is 160 cm³/mol. The molecule has 2 aromatic carbocycles. The summed E-state index contributed by atoms with van der Waals surface area (Å²) in [5.74, 6) is -4.26. The van der Waals surface area contributed by atoms with Crippen LogP contribution in [0.2, 0.25) is 0 Å². The Morgan fingerprint density at radius 2 is 1.21 bits per heavy atom. The fourth-order valence-corrected chi connectivity index (χ4v) is 4.16. The van der Waals surface area contributed by atoms with Gasteiger partial charge in [-0.25, -0.2) is 4.79 Å². The van der Waals surface area contributed by atoms with Crippen molar-refractivity contribution in [1.29, 1.82) is 0 Å². The van der Waals surface area contributed by atoms with Crippen molar-refractivity contribution in [2.24, 2.45) is 27.9 Å². The SMILES string of the molecule is NC(=O)CCC(NC(=O)C(N)Cc1ccccc1)C(=O)NC(Cc1ccccc1)C(=O)NC(CCCN=C(N)N)C(=O)O. The first-order chi connectivity index (χ1) is 20.5. The van der Waals surface area contributed by atoms with Crippen molar-refractivity contribution in [3.63, 3.8) is 0 Å². The van der Waals surface area contributed by atoms with Crippen LogP contribution in [0.3, 0.4) is 0 Å². The van der Waals surface area contributed by atoms with E-state index in [9.17, 15) is 29.1 Å². The summed E-state index contributed by atoms with van der Waals surface area (Å²) >= 11 is 0. The Balaban J connectivity index is 2.20. The maximum Gasteiger partial charge on any atom is 0.326 e. The number of carbonyl (C=O) groups excluding carboxylic acids is 4. The average molecular weight is 597 g/mol. The molecule has 4 atom stereocenters. The maximum atomic E-state index is 13.4. The van der Waals surface area contributed by atoms with E-state index >= 15 is 0 Å². The van der Waals surface area contributed by atoms with E-state index in [1.54, 1.807) is 42.5 Å². The molecule has 0 aliphatic heterocycles. The molecule has 0 aliphatic carbocycles. The van der Waals surface area contributed by atoms with Gasteiger partial charge in [-0.2, -0.15) is 0 Å². The summed E-state index contributed by atoms with van der Waals surface area (Å²) in [6.07, 6.45) is 0.153. The molecule has 14 nitrogen and oxygen atoms in total. The summed E-state index contributed by atoms with van der Waals surface area (Å²) < 4.78 is 0. The number of carboxylic acid groups (broad SMARTS) is 1. The molecule has 12 N–H and O–H groups in total. The van der Waals surface area contributed by atoms with Gasteiger partial charge in [0.15, 0.2) is 5.96 Å². The number of benzene rings is 2. The minimum absolute atomic E-state index is 0.0166. The molecular formula is C29H40N8O6. The fourth-order valence-electron chi connectivity index (χ4n) is 4.16. The molecule has 4 unspecified atom stereocenters. The van der Waals surface area contributed by atoms with Crippen LogP contribution >= 0.6 is 0 Å². The second kappa shape index (κ2) is 17.7. The Hall–Kier alpha value is -4.98. The Morgan fingerprint density at radius 3 is 1.74 bits per heavy atom. The minimum Gasteiger partial charge on any atom is -0.480 e. The lowest BCUT2D eigenvalue weighted by molar-refractivity contribution is -0.142. The van der Waals surface area contributed by atoms with Gasteiger partial charge in [0, 0.05) is 19.4 Å². The zero-order valence-electron chi connectivity index (χ0n) is 23.8. The first-order valence-electron chi connectivity index (χ1n) is 13.8. The van der Waals surface area contributed by atoms with Crippen LogP contribution in [0, 0.1) is 0 Å². The van der Waals surface area contributed by atoms with Crippen molar-refractivity contribution >= 4 is 35.6 Å². The summed E-state index contributed by atoms with van der Waals surface area (Å²) in [4.78, 5) is 66.8. The van der Waals surface area contributed by atoms with E-state index in [2.05, 4.69) is 20.9 Å². The first kappa shape index (κ1) is 34.2. The molecule has 43 heavy (non-hydrogen) atoms. The van der Waals surface area contributed by atoms with Crippen LogP contribution in [-0.4, -0.2) is 71.4 Å². The van der Waals surface area contributed by atoms with Crippen molar-refractivity contribution in [2.45, 2.75) is 62.7 Å². The van der Waals surface area contributed by atoms with E-state index in [4.69, 9.17) is 22.9 Å². The van der Waals surface area contributed by atoms with Gasteiger partial charge in [-0.1, -0.05) is 60.7 Å². The summed E-state index contributed by atoms with van der Waals surface area (Å²) in [7, 11) is 0. The molecule has 0 fully saturated rings. The van der Waals surface area contributed by atoms with Gasteiger partial charge in [-0.3, -0.25) is 24.2 Å². The van der Waals surface area contributed by atoms with Crippen molar-refractivity contribution in [2.75, 3.05) is 6.54 Å². The van der Waals surface area contributed by atoms with Gasteiger partial charge >= 0.3 is 5.97 Å². The Kier molecular flexibility index (Phi) is 14.1. The highest BCUT2D eigenvalue weighted by Gasteiger charge is 2.30. The standard InChI is InChI=1S/C29H40N8O6/c30-20(16-18-8-3-1-4-9-18)25(39)35-21(13-14-24(31)38)26(40)37-23(17-19-10-5-2-6-11-19)27(41)36-22(28(42)43)12-7-15-34-29(32)33/h1-6,8-11,20-23H,7,12-17,30H2,(H2,31,38)(H,35,39)(H,36,41)(H,37,40)(H,42,43)(H4,32,33,34). The fraction of sp³-hybridized carbons (Fsp3) is 0.379. The van der Waals surface area contributed by atoms with Gasteiger partial charge in [0.2, 0.25) is 23.6 Å². The van der Waals surface area contributed by atoms with Gasteiger partial charge < -0.3 is 44.0 Å². The zero-order chi connectivity index (χ0) is 31.8. The van der Waals surface area contributed by atoms with Gasteiger partial charge in [0.1, 0.15) is 18.1 Å². The molecule has 0 bridgehead atoms. The highest BCUT2D eigenvalue weighted by atomic mass is 16.4. The number of rotatable bonds is 18. The number of guanidine groups is 1. The number of amides is 4. The van der Waals surface area contributed by atoms with E-state index in [0.29, 0.717) is 5.56 Å². The number of nitrogens with two attached hydrogens (primary N) is 4. The third-order valence-electron chi connectivity index (χ3n) is 6.42. The summed E-state index contributed by atoms with van der Waals surface area (Å²) in [6.45, 7) is 0.166. The van der Waals surface area contributed by atoms with Crippen molar-refractivity contribution in [3.8, 4) is 0 Å². The second-order valence-corrected chi connectivity index (χ2v) is 9.96. The summed E-state index contributed by atoms with van der Waals surface area (Å²) in [5, 5.41) is 17.3. The number of hydrogen-bond acceptors (Lipinski definition) is 7. The van der Waals surface area contributed by atoms with Crippen molar-refractivity contribution in [1.82, 2.24) is 16.0 Å². The highest BCUT2D eigenvalue weighted by Crippen LogP contribution is 2.08. The van der Waals surface area contributed by atoms with E-state index in [1.165, 1.54) is 0 Å². The van der Waals surface area contributed by atoms with E-state index in [-0.39, 0.29) is 51.0 Å². The number of primary amides is 1. The summed E-state index contributed by atoms with van der Waals surface area (Å²) in [5.41, 5.74) is 23.5. The van der Waals surface area contributed by atoms with Gasteiger partial charge in [-0.15, -0.1) is 0 Å². The van der Waals surface area contributed by atoms with Gasteiger partial charge in [0.05, 0.1) is 6.04 Å². The Labute approximate surface area is 249 Å². The van der Waals surface area contributed by atoms with E-state index < -0.39 is 53.8 Å². The Bertz CT molecular complexity index is 1250. The van der Waals surface area contributed by atoms with Crippen LogP contribution in [0.15, 0.2) is 65.7 Å². The van der Waals surface area contributed by atoms with Gasteiger partial charge in [-0.05, 0) is 36.8 Å². The quantitative estimate of drug-likeness (QED) is 0.0574. The van der Waals surface area contributed by atoms with E-state index in [0.717, 1.165) is 5.56 Å². The Morgan fingerprint density at radius 1 is 0.698 bits per heavy atom. The lowest BCUT2D eigenvalue weighted by Crippen LogP contribution is -2.57. The molecule has 4 amide bonds. The van der Waals surface area contributed by atoms with Crippen LogP contribution in [0.1, 0.15) is 36.8 Å². The zero-order valence-corrected chi connectivity index (χ0v) is 23.8. The van der Waals surface area contributed by atoms with Crippen LogP contribution < -0.4 is 38.9 Å². The molecule has 232 valence electrons. The average Bonchev–Trinajstić information content (AvgIpc) is 2.96. The lowest BCUT2D eigenvalue weighted by atomic mass is 10.0. The number of aliphatic carboxylic acids is 1. The molecule has 0 radical (unpaired) electrons. The molecule has 14 heteroatoms. The number of aliphatic imine (C=N–C) groups is 1. The lowest BCUT2D eigenvalue weighted by Gasteiger charge is -2.25.